The summed E-state index contributed by atoms with van der Waals surface area (Å²) >= 11 is 0. The zero-order valence-electron chi connectivity index (χ0n) is 11.8. The summed E-state index contributed by atoms with van der Waals surface area (Å²) in [4.78, 5) is 31.0. The number of para-hydroxylation sites is 2. The van der Waals surface area contributed by atoms with Crippen LogP contribution in [0.2, 0.25) is 0 Å². The summed E-state index contributed by atoms with van der Waals surface area (Å²) in [6.45, 7) is 0. The van der Waals surface area contributed by atoms with Gasteiger partial charge in [0.25, 0.3) is 5.91 Å². The molecule has 0 aliphatic carbocycles. The van der Waals surface area contributed by atoms with E-state index >= 15 is 0 Å². The molecule has 1 amide bonds. The van der Waals surface area contributed by atoms with Crippen molar-refractivity contribution in [1.29, 1.82) is 0 Å². The van der Waals surface area contributed by atoms with E-state index in [1.807, 2.05) is 24.3 Å². The van der Waals surface area contributed by atoms with Gasteiger partial charge < -0.3 is 9.72 Å². The Bertz CT molecular complexity index is 821. The van der Waals surface area contributed by atoms with Gasteiger partial charge in [0.1, 0.15) is 0 Å². The lowest BCUT2D eigenvalue weighted by Crippen LogP contribution is -2.14. The smallest absolute Gasteiger partial charge is 0.337 e. The van der Waals surface area contributed by atoms with Crippen LogP contribution in [0.25, 0.3) is 11.0 Å². The van der Waals surface area contributed by atoms with Gasteiger partial charge in [-0.2, -0.15) is 0 Å². The standard InChI is InChI=1S/C16H13N3O3/c1-22-15(21)11-6-4-5-10(9-11)14(20)19-16-17-12-7-2-3-8-13(12)18-16/h2-9H,1H3,(H2,17,18,19,20). The molecule has 0 bridgehead atoms. The van der Waals surface area contributed by atoms with Gasteiger partial charge in [0.2, 0.25) is 5.95 Å². The Labute approximate surface area is 126 Å². The van der Waals surface area contributed by atoms with E-state index in [1.165, 1.54) is 13.2 Å². The van der Waals surface area contributed by atoms with Gasteiger partial charge in [0.15, 0.2) is 0 Å². The number of nitrogens with one attached hydrogen (secondary N) is 2. The van der Waals surface area contributed by atoms with Crippen LogP contribution in [-0.4, -0.2) is 29.0 Å². The number of carbonyl (C=O) groups is 2. The molecule has 0 atom stereocenters. The third-order valence-electron chi connectivity index (χ3n) is 3.17. The van der Waals surface area contributed by atoms with Crippen molar-refractivity contribution >= 4 is 28.9 Å². The van der Waals surface area contributed by atoms with Crippen molar-refractivity contribution in [3.8, 4) is 0 Å². The molecule has 6 heteroatoms. The zero-order chi connectivity index (χ0) is 15.5. The number of esters is 1. The molecular formula is C16H13N3O3. The molecule has 2 aromatic carbocycles. The molecule has 0 saturated heterocycles. The molecule has 1 aromatic heterocycles. The Morgan fingerprint density at radius 3 is 2.64 bits per heavy atom. The van der Waals surface area contributed by atoms with E-state index < -0.39 is 5.97 Å². The monoisotopic (exact) mass is 295 g/mol. The second-order valence-electron chi connectivity index (χ2n) is 4.63. The first-order chi connectivity index (χ1) is 10.7. The van der Waals surface area contributed by atoms with Gasteiger partial charge in [-0.1, -0.05) is 18.2 Å². The molecule has 1 heterocycles. The van der Waals surface area contributed by atoms with Crippen LogP contribution in [0.3, 0.4) is 0 Å². The molecular weight excluding hydrogens is 282 g/mol. The second kappa shape index (κ2) is 5.69. The summed E-state index contributed by atoms with van der Waals surface area (Å²) in [6.07, 6.45) is 0. The minimum Gasteiger partial charge on any atom is -0.465 e. The largest absolute Gasteiger partial charge is 0.465 e. The summed E-state index contributed by atoms with van der Waals surface area (Å²) in [5.41, 5.74) is 2.27. The molecule has 0 aliphatic rings. The van der Waals surface area contributed by atoms with Crippen LogP contribution in [0.4, 0.5) is 5.95 Å². The predicted octanol–water partition coefficient (Wildman–Crippen LogP) is 2.60. The van der Waals surface area contributed by atoms with Crippen LogP contribution in [0.5, 0.6) is 0 Å². The number of hydrogen-bond donors (Lipinski definition) is 2. The number of nitrogens with zero attached hydrogens (tertiary/aromatic N) is 1. The van der Waals surface area contributed by atoms with Crippen molar-refractivity contribution in [2.75, 3.05) is 12.4 Å². The maximum absolute atomic E-state index is 12.2. The fraction of sp³-hybridized carbons (Fsp3) is 0.0625. The number of hydrogen-bond acceptors (Lipinski definition) is 4. The average Bonchev–Trinajstić information content (AvgIpc) is 2.96. The number of anilines is 1. The summed E-state index contributed by atoms with van der Waals surface area (Å²) in [6, 6.07) is 13.8. The quantitative estimate of drug-likeness (QED) is 0.727. The van der Waals surface area contributed by atoms with E-state index in [9.17, 15) is 9.59 Å². The van der Waals surface area contributed by atoms with Gasteiger partial charge in [-0.3, -0.25) is 10.1 Å². The topological polar surface area (TPSA) is 84.1 Å². The normalized spacial score (nSPS) is 10.4. The molecule has 0 saturated carbocycles. The van der Waals surface area contributed by atoms with E-state index in [4.69, 9.17) is 0 Å². The number of methoxy groups -OCH3 is 1. The number of aromatic amines is 1. The van der Waals surface area contributed by atoms with Crippen LogP contribution in [0, 0.1) is 0 Å². The summed E-state index contributed by atoms with van der Waals surface area (Å²) in [7, 11) is 1.30. The number of rotatable bonds is 3. The molecule has 0 aliphatic heterocycles. The highest BCUT2D eigenvalue weighted by Gasteiger charge is 2.12. The van der Waals surface area contributed by atoms with E-state index in [-0.39, 0.29) is 5.91 Å². The van der Waals surface area contributed by atoms with Gasteiger partial charge in [-0.15, -0.1) is 0 Å². The minimum absolute atomic E-state index is 0.319. The van der Waals surface area contributed by atoms with Crippen molar-refractivity contribution in [2.45, 2.75) is 0 Å². The van der Waals surface area contributed by atoms with Crippen molar-refractivity contribution in [1.82, 2.24) is 9.97 Å². The van der Waals surface area contributed by atoms with Gasteiger partial charge in [0.05, 0.1) is 23.7 Å². The molecule has 2 N–H and O–H groups in total. The Balaban J connectivity index is 1.83. The first kappa shape index (κ1) is 13.8. The highest BCUT2D eigenvalue weighted by atomic mass is 16.5. The molecule has 3 rings (SSSR count). The lowest BCUT2D eigenvalue weighted by molar-refractivity contribution is 0.0600. The minimum atomic E-state index is -0.488. The third kappa shape index (κ3) is 2.67. The van der Waals surface area contributed by atoms with Crippen LogP contribution in [0.15, 0.2) is 48.5 Å². The molecule has 0 fully saturated rings. The molecule has 6 nitrogen and oxygen atoms in total. The summed E-state index contributed by atoms with van der Waals surface area (Å²) in [5, 5.41) is 2.67. The number of amides is 1. The molecule has 0 spiro atoms. The Morgan fingerprint density at radius 2 is 1.86 bits per heavy atom. The van der Waals surface area contributed by atoms with E-state index in [0.717, 1.165) is 11.0 Å². The number of aromatic nitrogens is 2. The zero-order valence-corrected chi connectivity index (χ0v) is 11.8. The first-order valence-electron chi connectivity index (χ1n) is 6.62. The van der Waals surface area contributed by atoms with Crippen LogP contribution < -0.4 is 5.32 Å². The van der Waals surface area contributed by atoms with Crippen LogP contribution in [0.1, 0.15) is 20.7 Å². The molecule has 110 valence electrons. The first-order valence-corrected chi connectivity index (χ1v) is 6.62. The number of H-pyrrole nitrogens is 1. The lowest BCUT2D eigenvalue weighted by atomic mass is 10.1. The third-order valence-corrected chi connectivity index (χ3v) is 3.17. The van der Waals surface area contributed by atoms with Crippen molar-refractivity contribution < 1.29 is 14.3 Å². The number of ether oxygens (including phenoxy) is 1. The Kier molecular flexibility index (Phi) is 3.57. The number of benzene rings is 2. The number of imidazole rings is 1. The maximum atomic E-state index is 12.2. The van der Waals surface area contributed by atoms with E-state index in [0.29, 0.717) is 17.1 Å². The Hall–Kier alpha value is -3.15. The summed E-state index contributed by atoms with van der Waals surface area (Å²) < 4.78 is 4.64. The van der Waals surface area contributed by atoms with Gasteiger partial charge in [-0.25, -0.2) is 9.78 Å². The number of fused-ring (bicyclic) bond motifs is 1. The van der Waals surface area contributed by atoms with Crippen LogP contribution in [-0.2, 0) is 4.74 Å². The van der Waals surface area contributed by atoms with Crippen molar-refractivity contribution in [2.24, 2.45) is 0 Å². The van der Waals surface area contributed by atoms with Crippen molar-refractivity contribution in [3.05, 3.63) is 59.7 Å². The highest BCUT2D eigenvalue weighted by molar-refractivity contribution is 6.05. The highest BCUT2D eigenvalue weighted by Crippen LogP contribution is 2.14. The van der Waals surface area contributed by atoms with E-state index in [1.54, 1.807) is 18.2 Å². The number of carbonyl (C=O) groups excluding carboxylic acids is 2. The second-order valence-corrected chi connectivity index (χ2v) is 4.63. The average molecular weight is 295 g/mol. The molecule has 3 aromatic rings. The summed E-state index contributed by atoms with van der Waals surface area (Å²) in [5.74, 6) is -0.488. The van der Waals surface area contributed by atoms with E-state index in [2.05, 4.69) is 20.0 Å². The fourth-order valence-electron chi connectivity index (χ4n) is 2.10. The molecule has 0 radical (unpaired) electrons. The lowest BCUT2D eigenvalue weighted by Gasteiger charge is -2.04. The maximum Gasteiger partial charge on any atom is 0.337 e. The predicted molar refractivity (Wildman–Crippen MR) is 81.8 cm³/mol. The Morgan fingerprint density at radius 1 is 1.09 bits per heavy atom. The fourth-order valence-corrected chi connectivity index (χ4v) is 2.10. The van der Waals surface area contributed by atoms with Crippen LogP contribution >= 0.6 is 0 Å². The van der Waals surface area contributed by atoms with Gasteiger partial charge in [-0.05, 0) is 30.3 Å². The van der Waals surface area contributed by atoms with Gasteiger partial charge in [0, 0.05) is 5.56 Å². The molecule has 22 heavy (non-hydrogen) atoms. The van der Waals surface area contributed by atoms with Gasteiger partial charge >= 0.3 is 5.97 Å². The molecule has 0 unspecified atom stereocenters. The SMILES string of the molecule is COC(=O)c1cccc(C(=O)Nc2nc3ccccc3[nH]2)c1. The van der Waals surface area contributed by atoms with Crippen molar-refractivity contribution in [3.63, 3.8) is 0 Å².